The molecule has 4 heteroatoms. The summed E-state index contributed by atoms with van der Waals surface area (Å²) in [5.74, 6) is 0.132. The lowest BCUT2D eigenvalue weighted by Crippen LogP contribution is -2.29. The number of fused-ring (bicyclic) bond motifs is 3. The van der Waals surface area contributed by atoms with E-state index in [0.29, 0.717) is 11.9 Å². The minimum atomic E-state index is -1.47. The van der Waals surface area contributed by atoms with Gasteiger partial charge in [0, 0.05) is 12.0 Å². The molecule has 0 atom stereocenters. The van der Waals surface area contributed by atoms with Crippen LogP contribution in [-0.4, -0.2) is 22.9 Å². The van der Waals surface area contributed by atoms with Crippen LogP contribution in [0.2, 0.25) is 0 Å². The van der Waals surface area contributed by atoms with Crippen LogP contribution in [0.4, 0.5) is 0 Å². The highest BCUT2D eigenvalue weighted by Crippen LogP contribution is 2.38. The van der Waals surface area contributed by atoms with Crippen LogP contribution in [0.1, 0.15) is 15.9 Å². The number of carbonyl (C=O) groups is 1. The maximum absolute atomic E-state index is 12.5. The lowest BCUT2D eigenvalue weighted by atomic mass is 9.78. The van der Waals surface area contributed by atoms with E-state index in [1.807, 2.05) is 48.5 Å². The van der Waals surface area contributed by atoms with Crippen molar-refractivity contribution < 1.29 is 14.8 Å². The Morgan fingerprint density at radius 1 is 0.708 bits per heavy atom. The molecule has 0 spiro atoms. The first kappa shape index (κ1) is 14.9. The van der Waals surface area contributed by atoms with E-state index >= 15 is 0 Å². The summed E-state index contributed by atoms with van der Waals surface area (Å²) in [6, 6.07) is 20.9. The molecule has 2 N–H and O–H groups in total. The average Bonchev–Trinajstić information content (AvgIpc) is 2.62. The fourth-order valence-electron chi connectivity index (χ4n) is 3.35. The molecule has 0 amide bonds. The van der Waals surface area contributed by atoms with Crippen molar-refractivity contribution in [2.75, 3.05) is 0 Å². The zero-order valence-corrected chi connectivity index (χ0v) is 12.9. The maximum Gasteiger partial charge on any atom is 0.488 e. The quantitative estimate of drug-likeness (QED) is 0.714. The van der Waals surface area contributed by atoms with Crippen LogP contribution in [0.5, 0.6) is 0 Å². The van der Waals surface area contributed by atoms with E-state index in [1.54, 1.807) is 12.1 Å². The Morgan fingerprint density at radius 3 is 2.04 bits per heavy atom. The summed E-state index contributed by atoms with van der Waals surface area (Å²) in [4.78, 5) is 12.5. The molecule has 1 aliphatic rings. The van der Waals surface area contributed by atoms with E-state index in [1.165, 1.54) is 0 Å². The van der Waals surface area contributed by atoms with Gasteiger partial charge in [0.1, 0.15) is 0 Å². The van der Waals surface area contributed by atoms with E-state index in [2.05, 4.69) is 6.07 Å². The van der Waals surface area contributed by atoms with Gasteiger partial charge in [-0.1, -0.05) is 66.7 Å². The zero-order valence-electron chi connectivity index (χ0n) is 12.9. The SMILES string of the molecule is O=C1Cc2c(-c3ccc(B(O)O)cc3)cccc2-c2ccccc21. The van der Waals surface area contributed by atoms with Crippen molar-refractivity contribution in [1.82, 2.24) is 0 Å². The molecule has 0 saturated carbocycles. The number of hydrogen-bond donors (Lipinski definition) is 2. The Kier molecular flexibility index (Phi) is 3.56. The highest BCUT2D eigenvalue weighted by Gasteiger charge is 2.24. The first-order valence-electron chi connectivity index (χ1n) is 7.86. The monoisotopic (exact) mass is 314 g/mol. The van der Waals surface area contributed by atoms with Crippen LogP contribution in [0.25, 0.3) is 22.3 Å². The van der Waals surface area contributed by atoms with Gasteiger partial charge in [-0.3, -0.25) is 4.79 Å². The third-order valence-corrected chi connectivity index (χ3v) is 4.55. The second kappa shape index (κ2) is 5.75. The first-order valence-corrected chi connectivity index (χ1v) is 7.86. The molecule has 24 heavy (non-hydrogen) atoms. The van der Waals surface area contributed by atoms with Gasteiger partial charge in [-0.15, -0.1) is 0 Å². The third kappa shape index (κ3) is 2.37. The molecule has 0 bridgehead atoms. The third-order valence-electron chi connectivity index (χ3n) is 4.55. The van der Waals surface area contributed by atoms with Crippen molar-refractivity contribution in [2.45, 2.75) is 6.42 Å². The largest absolute Gasteiger partial charge is 0.488 e. The molecule has 0 heterocycles. The molecule has 1 aliphatic carbocycles. The Balaban J connectivity index is 1.88. The molecular formula is C20H15BO3. The molecule has 0 aromatic heterocycles. The fourth-order valence-corrected chi connectivity index (χ4v) is 3.35. The molecule has 0 saturated heterocycles. The standard InChI is InChI=1S/C20H15BO3/c22-20-12-19-15(13-8-10-14(11-9-13)21(23)24)6-3-7-17(19)16-4-1-2-5-18(16)20/h1-11,23-24H,12H2. The number of ketones is 1. The van der Waals surface area contributed by atoms with Gasteiger partial charge < -0.3 is 10.0 Å². The Morgan fingerprint density at radius 2 is 1.33 bits per heavy atom. The second-order valence-corrected chi connectivity index (χ2v) is 5.97. The van der Waals surface area contributed by atoms with Crippen LogP contribution in [-0.2, 0) is 6.42 Å². The molecule has 3 aromatic rings. The molecule has 116 valence electrons. The van der Waals surface area contributed by atoms with Crippen LogP contribution < -0.4 is 5.46 Å². The topological polar surface area (TPSA) is 57.5 Å². The smallest absolute Gasteiger partial charge is 0.423 e. The van der Waals surface area contributed by atoms with Crippen LogP contribution in [0.15, 0.2) is 66.7 Å². The molecule has 0 fully saturated rings. The van der Waals surface area contributed by atoms with Crippen molar-refractivity contribution in [3.05, 3.63) is 77.9 Å². The lowest BCUT2D eigenvalue weighted by Gasteiger charge is -2.21. The number of Topliss-reactive ketones (excluding diaryl/α,β-unsaturated/α-hetero) is 1. The highest BCUT2D eigenvalue weighted by atomic mass is 16.4. The minimum absolute atomic E-state index is 0.132. The molecule has 0 aliphatic heterocycles. The summed E-state index contributed by atoms with van der Waals surface area (Å²) in [6.45, 7) is 0. The Labute approximate surface area is 140 Å². The van der Waals surface area contributed by atoms with Gasteiger partial charge in [0.25, 0.3) is 0 Å². The second-order valence-electron chi connectivity index (χ2n) is 5.97. The molecule has 0 unspecified atom stereocenters. The van der Waals surface area contributed by atoms with Gasteiger partial charge in [-0.25, -0.2) is 0 Å². The van der Waals surface area contributed by atoms with Crippen LogP contribution >= 0.6 is 0 Å². The average molecular weight is 314 g/mol. The van der Waals surface area contributed by atoms with Crippen LogP contribution in [0, 0.1) is 0 Å². The predicted octanol–water partition coefficient (Wildman–Crippen LogP) is 2.44. The molecule has 3 aromatic carbocycles. The zero-order chi connectivity index (χ0) is 16.7. The van der Waals surface area contributed by atoms with E-state index in [-0.39, 0.29) is 5.78 Å². The maximum atomic E-state index is 12.5. The lowest BCUT2D eigenvalue weighted by molar-refractivity contribution is 0.0992. The van der Waals surface area contributed by atoms with Crippen LogP contribution in [0.3, 0.4) is 0 Å². The van der Waals surface area contributed by atoms with Crippen molar-refractivity contribution in [3.63, 3.8) is 0 Å². The van der Waals surface area contributed by atoms with Crippen molar-refractivity contribution in [2.24, 2.45) is 0 Å². The van der Waals surface area contributed by atoms with E-state index in [0.717, 1.165) is 33.4 Å². The summed E-state index contributed by atoms with van der Waals surface area (Å²) >= 11 is 0. The van der Waals surface area contributed by atoms with Crippen molar-refractivity contribution >= 4 is 18.4 Å². The first-order chi connectivity index (χ1) is 11.6. The normalized spacial score (nSPS) is 12.5. The number of hydrogen-bond acceptors (Lipinski definition) is 3. The number of carbonyl (C=O) groups excluding carboxylic acids is 1. The molecular weight excluding hydrogens is 299 g/mol. The van der Waals surface area contributed by atoms with Gasteiger partial charge in [0.15, 0.2) is 5.78 Å². The van der Waals surface area contributed by atoms with E-state index < -0.39 is 7.12 Å². The Hall–Kier alpha value is -2.69. The van der Waals surface area contributed by atoms with Gasteiger partial charge in [-0.2, -0.15) is 0 Å². The van der Waals surface area contributed by atoms with Crippen molar-refractivity contribution in [3.8, 4) is 22.3 Å². The van der Waals surface area contributed by atoms with Crippen molar-refractivity contribution in [1.29, 1.82) is 0 Å². The molecule has 3 nitrogen and oxygen atoms in total. The number of benzene rings is 3. The highest BCUT2D eigenvalue weighted by molar-refractivity contribution is 6.58. The summed E-state index contributed by atoms with van der Waals surface area (Å²) < 4.78 is 0. The number of rotatable bonds is 2. The van der Waals surface area contributed by atoms with Gasteiger partial charge >= 0.3 is 7.12 Å². The molecule has 4 rings (SSSR count). The summed E-state index contributed by atoms with van der Waals surface area (Å²) in [7, 11) is -1.47. The predicted molar refractivity (Wildman–Crippen MR) is 95.2 cm³/mol. The summed E-state index contributed by atoms with van der Waals surface area (Å²) in [5, 5.41) is 18.5. The fraction of sp³-hybridized carbons (Fsp3) is 0.0500. The van der Waals surface area contributed by atoms with E-state index in [4.69, 9.17) is 0 Å². The van der Waals surface area contributed by atoms with Gasteiger partial charge in [0.05, 0.1) is 0 Å². The van der Waals surface area contributed by atoms with E-state index in [9.17, 15) is 14.8 Å². The summed E-state index contributed by atoms with van der Waals surface area (Å²) in [6.07, 6.45) is 0.382. The minimum Gasteiger partial charge on any atom is -0.423 e. The molecule has 0 radical (unpaired) electrons. The van der Waals surface area contributed by atoms with Gasteiger partial charge in [-0.05, 0) is 33.3 Å². The summed E-state index contributed by atoms with van der Waals surface area (Å²) in [5.41, 5.74) is 6.30. The van der Waals surface area contributed by atoms with Gasteiger partial charge in [0.2, 0.25) is 0 Å². The Bertz CT molecular complexity index is 930.